The Balaban J connectivity index is 2.26. The van der Waals surface area contributed by atoms with Crippen LogP contribution in [0.1, 0.15) is 13.8 Å². The van der Waals surface area contributed by atoms with Gasteiger partial charge in [0.25, 0.3) is 0 Å². The predicted octanol–water partition coefficient (Wildman–Crippen LogP) is 1.05. The fraction of sp³-hybridized carbons (Fsp3) is 0.308. The maximum atomic E-state index is 11.4. The number of hydrogen-bond donors (Lipinski definition) is 1. The van der Waals surface area contributed by atoms with E-state index in [0.29, 0.717) is 11.5 Å². The van der Waals surface area contributed by atoms with Gasteiger partial charge in [0.15, 0.2) is 5.54 Å². The first-order chi connectivity index (χ1) is 9.93. The number of carboxylic acid groups (broad SMARTS) is 1. The molecule has 0 amide bonds. The second kappa shape index (κ2) is 4.37. The number of carbonyl (C=O) groups is 1. The third kappa shape index (κ3) is 1.87. The van der Waals surface area contributed by atoms with Gasteiger partial charge in [0, 0.05) is 12.4 Å². The van der Waals surface area contributed by atoms with Crippen molar-refractivity contribution in [1.29, 1.82) is 0 Å². The van der Waals surface area contributed by atoms with E-state index in [0.717, 1.165) is 10.9 Å². The van der Waals surface area contributed by atoms with Crippen molar-refractivity contribution < 1.29 is 9.90 Å². The van der Waals surface area contributed by atoms with Crippen LogP contribution in [0.4, 0.5) is 0 Å². The van der Waals surface area contributed by atoms with Crippen molar-refractivity contribution in [3.05, 3.63) is 24.3 Å². The molecular weight excluding hydrogens is 272 g/mol. The van der Waals surface area contributed by atoms with Gasteiger partial charge in [-0.05, 0) is 30.3 Å². The Hall–Kier alpha value is -2.77. The summed E-state index contributed by atoms with van der Waals surface area (Å²) in [4.78, 5) is 11.4. The Morgan fingerprint density at radius 3 is 2.71 bits per heavy atom. The van der Waals surface area contributed by atoms with Crippen molar-refractivity contribution in [2.24, 2.45) is 7.05 Å². The van der Waals surface area contributed by atoms with Crippen LogP contribution in [0.5, 0.6) is 0 Å². The molecule has 0 aliphatic heterocycles. The molecule has 21 heavy (non-hydrogen) atoms. The summed E-state index contributed by atoms with van der Waals surface area (Å²) in [6.45, 7) is 3.08. The molecule has 0 bridgehead atoms. The van der Waals surface area contributed by atoms with Crippen LogP contribution in [0.3, 0.4) is 0 Å². The Labute approximate surface area is 120 Å². The summed E-state index contributed by atoms with van der Waals surface area (Å²) >= 11 is 0. The van der Waals surface area contributed by atoms with Gasteiger partial charge in [0.05, 0.1) is 5.52 Å². The van der Waals surface area contributed by atoms with Crippen LogP contribution >= 0.6 is 0 Å². The highest BCUT2D eigenvalue weighted by atomic mass is 16.4. The van der Waals surface area contributed by atoms with Crippen molar-refractivity contribution in [1.82, 2.24) is 30.0 Å². The minimum absolute atomic E-state index is 0.333. The Morgan fingerprint density at radius 1 is 1.29 bits per heavy atom. The van der Waals surface area contributed by atoms with Crippen molar-refractivity contribution in [3.63, 3.8) is 0 Å². The molecule has 0 saturated heterocycles. The predicted molar refractivity (Wildman–Crippen MR) is 74.5 cm³/mol. The van der Waals surface area contributed by atoms with E-state index in [1.54, 1.807) is 18.5 Å². The molecule has 0 radical (unpaired) electrons. The van der Waals surface area contributed by atoms with Gasteiger partial charge in [0.2, 0.25) is 5.82 Å². The minimum atomic E-state index is -1.27. The van der Waals surface area contributed by atoms with Gasteiger partial charge in [-0.3, -0.25) is 4.68 Å². The van der Waals surface area contributed by atoms with Gasteiger partial charge in [-0.15, -0.1) is 5.10 Å². The highest BCUT2D eigenvalue weighted by Gasteiger charge is 2.35. The van der Waals surface area contributed by atoms with Crippen molar-refractivity contribution in [2.75, 3.05) is 0 Å². The van der Waals surface area contributed by atoms with Crippen LogP contribution in [-0.4, -0.2) is 41.1 Å². The first-order valence-corrected chi connectivity index (χ1v) is 6.37. The number of aryl methyl sites for hydroxylation is 1. The zero-order valence-electron chi connectivity index (χ0n) is 11.8. The maximum absolute atomic E-state index is 11.4. The number of fused-ring (bicyclic) bond motifs is 1. The highest BCUT2D eigenvalue weighted by Crippen LogP contribution is 2.28. The number of benzene rings is 1. The van der Waals surface area contributed by atoms with Gasteiger partial charge in [-0.1, -0.05) is 18.2 Å². The minimum Gasteiger partial charge on any atom is -0.479 e. The fourth-order valence-electron chi connectivity index (χ4n) is 2.18. The summed E-state index contributed by atoms with van der Waals surface area (Å²) in [7, 11) is 1.82. The molecule has 0 spiro atoms. The highest BCUT2D eigenvalue weighted by molar-refractivity contribution is 5.91. The van der Waals surface area contributed by atoms with Crippen LogP contribution in [0, 0.1) is 0 Å². The quantitative estimate of drug-likeness (QED) is 0.772. The Bertz CT molecular complexity index is 832. The number of aromatic nitrogens is 6. The van der Waals surface area contributed by atoms with E-state index in [2.05, 4.69) is 20.6 Å². The van der Waals surface area contributed by atoms with Crippen LogP contribution < -0.4 is 0 Å². The molecule has 0 saturated carbocycles. The van der Waals surface area contributed by atoms with Gasteiger partial charge in [0.1, 0.15) is 5.69 Å². The number of para-hydroxylation sites is 1. The summed E-state index contributed by atoms with van der Waals surface area (Å²) in [5, 5.41) is 26.1. The molecule has 2 heterocycles. The summed E-state index contributed by atoms with van der Waals surface area (Å²) < 4.78 is 3.00. The summed E-state index contributed by atoms with van der Waals surface area (Å²) in [6, 6.07) is 7.65. The van der Waals surface area contributed by atoms with Crippen LogP contribution in [0.2, 0.25) is 0 Å². The number of carboxylic acids is 1. The molecule has 8 nitrogen and oxygen atoms in total. The van der Waals surface area contributed by atoms with Gasteiger partial charge in [-0.2, -0.15) is 5.10 Å². The number of nitrogens with zero attached hydrogens (tertiary/aromatic N) is 6. The molecule has 3 aromatic rings. The van der Waals surface area contributed by atoms with Gasteiger partial charge < -0.3 is 5.11 Å². The molecule has 1 N–H and O–H groups in total. The van der Waals surface area contributed by atoms with Crippen molar-refractivity contribution in [2.45, 2.75) is 19.4 Å². The smallest absolute Gasteiger partial charge is 0.331 e. The van der Waals surface area contributed by atoms with E-state index in [1.807, 2.05) is 31.3 Å². The van der Waals surface area contributed by atoms with Crippen LogP contribution in [0.25, 0.3) is 22.4 Å². The van der Waals surface area contributed by atoms with E-state index in [-0.39, 0.29) is 0 Å². The van der Waals surface area contributed by atoms with E-state index in [9.17, 15) is 9.90 Å². The number of rotatable bonds is 3. The Kier molecular flexibility index (Phi) is 2.75. The molecule has 108 valence electrons. The average Bonchev–Trinajstić information content (AvgIpc) is 3.04. The maximum Gasteiger partial charge on any atom is 0.331 e. The third-order valence-corrected chi connectivity index (χ3v) is 3.49. The average molecular weight is 286 g/mol. The number of aliphatic carboxylic acids is 1. The van der Waals surface area contributed by atoms with E-state index < -0.39 is 11.5 Å². The van der Waals surface area contributed by atoms with E-state index >= 15 is 0 Å². The van der Waals surface area contributed by atoms with E-state index in [4.69, 9.17) is 0 Å². The molecule has 0 fully saturated rings. The molecule has 8 heteroatoms. The molecule has 1 aromatic carbocycles. The topological polar surface area (TPSA) is 98.7 Å². The largest absolute Gasteiger partial charge is 0.479 e. The molecule has 3 rings (SSSR count). The lowest BCUT2D eigenvalue weighted by atomic mass is 10.1. The van der Waals surface area contributed by atoms with E-state index in [1.165, 1.54) is 4.68 Å². The molecule has 0 unspecified atom stereocenters. The molecule has 0 aliphatic carbocycles. The molecule has 0 aliphatic rings. The fourth-order valence-corrected chi connectivity index (χ4v) is 2.18. The van der Waals surface area contributed by atoms with Crippen molar-refractivity contribution >= 4 is 16.9 Å². The SMILES string of the molecule is Cn1nc(-c2nnnn2C(C)(C)C(=O)O)c2ccccc21. The summed E-state index contributed by atoms with van der Waals surface area (Å²) in [5.74, 6) is -0.685. The first kappa shape index (κ1) is 13.2. The normalized spacial score (nSPS) is 12.0. The third-order valence-electron chi connectivity index (χ3n) is 3.49. The second-order valence-electron chi connectivity index (χ2n) is 5.27. The lowest BCUT2D eigenvalue weighted by Crippen LogP contribution is -2.37. The standard InChI is InChI=1S/C13H14N6O2/c1-13(2,12(20)21)19-11(14-16-17-19)10-8-6-4-5-7-9(8)18(3)15-10/h4-7H,1-3H3,(H,20,21). The molecule has 0 atom stereocenters. The zero-order chi connectivity index (χ0) is 15.2. The second-order valence-corrected chi connectivity index (χ2v) is 5.27. The number of hydrogen-bond acceptors (Lipinski definition) is 5. The van der Waals surface area contributed by atoms with Crippen molar-refractivity contribution in [3.8, 4) is 11.5 Å². The zero-order valence-corrected chi connectivity index (χ0v) is 11.8. The van der Waals surface area contributed by atoms with Gasteiger partial charge in [-0.25, -0.2) is 9.48 Å². The lowest BCUT2D eigenvalue weighted by Gasteiger charge is -2.19. The van der Waals surface area contributed by atoms with Crippen LogP contribution in [0.15, 0.2) is 24.3 Å². The van der Waals surface area contributed by atoms with Crippen LogP contribution in [-0.2, 0) is 17.4 Å². The Morgan fingerprint density at radius 2 is 2.00 bits per heavy atom. The number of tetrazole rings is 1. The lowest BCUT2D eigenvalue weighted by molar-refractivity contribution is -0.146. The summed E-state index contributed by atoms with van der Waals surface area (Å²) in [6.07, 6.45) is 0. The molecule has 2 aromatic heterocycles. The summed E-state index contributed by atoms with van der Waals surface area (Å²) in [5.41, 5.74) is 0.222. The monoisotopic (exact) mass is 286 g/mol. The molecular formula is C13H14N6O2. The van der Waals surface area contributed by atoms with Gasteiger partial charge >= 0.3 is 5.97 Å². The first-order valence-electron chi connectivity index (χ1n) is 6.37.